The largest absolute Gasteiger partial charge is 0.486 e. The molecule has 1 heterocycles. The Bertz CT molecular complexity index is 958. The van der Waals surface area contributed by atoms with Gasteiger partial charge in [-0.3, -0.25) is 14.9 Å². The van der Waals surface area contributed by atoms with Crippen LogP contribution in [-0.4, -0.2) is 50.7 Å². The number of anilines is 1. The number of nitrogens with one attached hydrogen (secondary N) is 1. The highest BCUT2D eigenvalue weighted by Gasteiger charge is 2.27. The number of nitrogens with zero attached hydrogens (tertiary/aromatic N) is 2. The minimum Gasteiger partial charge on any atom is -0.486 e. The van der Waals surface area contributed by atoms with E-state index in [1.54, 1.807) is 0 Å². The predicted molar refractivity (Wildman–Crippen MR) is 107 cm³/mol. The van der Waals surface area contributed by atoms with Crippen LogP contribution >= 0.6 is 0 Å². The molecule has 2 aromatic carbocycles. The first kappa shape index (κ1) is 20.9. The molecule has 1 aliphatic rings. The number of hydrogen-bond acceptors (Lipinski definition) is 8. The molecule has 10 heteroatoms. The van der Waals surface area contributed by atoms with Crippen LogP contribution in [0.5, 0.6) is 11.5 Å². The molecular weight excluding hydrogens is 394 g/mol. The second-order valence-corrected chi connectivity index (χ2v) is 6.68. The second-order valence-electron chi connectivity index (χ2n) is 6.68. The fourth-order valence-corrected chi connectivity index (χ4v) is 2.77. The Kier molecular flexibility index (Phi) is 6.35. The normalized spacial score (nSPS) is 12.1. The van der Waals surface area contributed by atoms with Crippen molar-refractivity contribution >= 4 is 23.3 Å². The number of carbonyl (C=O) groups excluding carboxylic acids is 2. The van der Waals surface area contributed by atoms with E-state index in [1.807, 2.05) is 43.3 Å². The fraction of sp³-hybridized carbons (Fsp3) is 0.300. The molecule has 0 saturated heterocycles. The van der Waals surface area contributed by atoms with Crippen molar-refractivity contribution in [3.05, 3.63) is 57.6 Å². The number of hydrogen-bond donors (Lipinski definition) is 1. The van der Waals surface area contributed by atoms with Gasteiger partial charge in [-0.15, -0.1) is 0 Å². The van der Waals surface area contributed by atoms with Crippen LogP contribution in [0.4, 0.5) is 11.4 Å². The van der Waals surface area contributed by atoms with Gasteiger partial charge >= 0.3 is 5.97 Å². The number of fused-ring (bicyclic) bond motifs is 1. The van der Waals surface area contributed by atoms with Crippen molar-refractivity contribution in [3.8, 4) is 11.5 Å². The lowest BCUT2D eigenvalue weighted by molar-refractivity contribution is -0.385. The number of esters is 1. The topological polar surface area (TPSA) is 120 Å². The molecule has 158 valence electrons. The van der Waals surface area contributed by atoms with Crippen LogP contribution in [0.1, 0.15) is 15.9 Å². The summed E-state index contributed by atoms with van der Waals surface area (Å²) in [7, 11) is 3.86. The van der Waals surface area contributed by atoms with Crippen molar-refractivity contribution < 1.29 is 28.7 Å². The van der Waals surface area contributed by atoms with Gasteiger partial charge in [0, 0.05) is 32.4 Å². The van der Waals surface area contributed by atoms with E-state index in [9.17, 15) is 19.7 Å². The van der Waals surface area contributed by atoms with Crippen LogP contribution in [0, 0.1) is 10.1 Å². The standard InChI is InChI=1S/C20H21N3O7/c1-22(2)14-5-3-13(4-6-14)11-21-19(24)12-30-20(25)15-9-17-18(29-8-7-28-17)10-16(15)23(26)27/h3-6,9-10H,7-8,11-12H2,1-2H3,(H,21,24). The molecule has 0 aliphatic carbocycles. The molecule has 0 spiro atoms. The van der Waals surface area contributed by atoms with E-state index in [2.05, 4.69) is 5.32 Å². The molecule has 10 nitrogen and oxygen atoms in total. The van der Waals surface area contributed by atoms with Crippen molar-refractivity contribution in [2.24, 2.45) is 0 Å². The summed E-state index contributed by atoms with van der Waals surface area (Å²) in [6, 6.07) is 9.90. The third-order valence-corrected chi connectivity index (χ3v) is 4.35. The number of amides is 1. The molecule has 0 unspecified atom stereocenters. The molecule has 0 fully saturated rings. The van der Waals surface area contributed by atoms with E-state index in [4.69, 9.17) is 14.2 Å². The van der Waals surface area contributed by atoms with Gasteiger partial charge in [0.2, 0.25) is 0 Å². The minimum atomic E-state index is -0.996. The molecule has 2 aromatic rings. The lowest BCUT2D eigenvalue weighted by Crippen LogP contribution is -2.28. The highest BCUT2D eigenvalue weighted by molar-refractivity contribution is 5.96. The number of nitro benzene ring substituents is 1. The van der Waals surface area contributed by atoms with E-state index in [0.717, 1.165) is 17.3 Å². The first-order valence-electron chi connectivity index (χ1n) is 9.13. The molecular formula is C20H21N3O7. The van der Waals surface area contributed by atoms with Gasteiger partial charge < -0.3 is 24.4 Å². The summed E-state index contributed by atoms with van der Waals surface area (Å²) in [5.74, 6) is -1.13. The average Bonchev–Trinajstić information content (AvgIpc) is 2.75. The zero-order valence-corrected chi connectivity index (χ0v) is 16.5. The summed E-state index contributed by atoms with van der Waals surface area (Å²) >= 11 is 0. The predicted octanol–water partition coefficient (Wildman–Crippen LogP) is 1.91. The van der Waals surface area contributed by atoms with Crippen molar-refractivity contribution in [2.45, 2.75) is 6.54 Å². The maximum absolute atomic E-state index is 12.3. The summed E-state index contributed by atoms with van der Waals surface area (Å²) in [4.78, 5) is 36.9. The Morgan fingerprint density at radius 2 is 1.77 bits per heavy atom. The van der Waals surface area contributed by atoms with Gasteiger partial charge in [-0.05, 0) is 17.7 Å². The molecule has 0 atom stereocenters. The van der Waals surface area contributed by atoms with E-state index in [0.29, 0.717) is 0 Å². The zero-order chi connectivity index (χ0) is 21.7. The van der Waals surface area contributed by atoms with Crippen molar-refractivity contribution in [1.82, 2.24) is 5.32 Å². The summed E-state index contributed by atoms with van der Waals surface area (Å²) in [6.07, 6.45) is 0. The first-order chi connectivity index (χ1) is 14.3. The Labute approximate surface area is 172 Å². The van der Waals surface area contributed by atoms with Crippen LogP contribution in [-0.2, 0) is 16.1 Å². The minimum absolute atomic E-state index is 0.183. The summed E-state index contributed by atoms with van der Waals surface area (Å²) in [5.41, 5.74) is 1.12. The number of benzene rings is 2. The molecule has 0 aromatic heterocycles. The molecule has 3 rings (SSSR count). The molecule has 0 radical (unpaired) electrons. The molecule has 1 N–H and O–H groups in total. The van der Waals surface area contributed by atoms with Gasteiger partial charge in [0.1, 0.15) is 18.8 Å². The molecule has 0 saturated carbocycles. The van der Waals surface area contributed by atoms with Gasteiger partial charge in [0.05, 0.1) is 11.0 Å². The summed E-state index contributed by atoms with van der Waals surface area (Å²) in [6.45, 7) is 0.206. The number of ether oxygens (including phenoxy) is 3. The maximum Gasteiger partial charge on any atom is 0.345 e. The smallest absolute Gasteiger partial charge is 0.345 e. The average molecular weight is 415 g/mol. The van der Waals surface area contributed by atoms with E-state index in [1.165, 1.54) is 6.07 Å². The molecule has 30 heavy (non-hydrogen) atoms. The molecule has 1 aliphatic heterocycles. The third-order valence-electron chi connectivity index (χ3n) is 4.35. The Morgan fingerprint density at radius 1 is 1.13 bits per heavy atom. The van der Waals surface area contributed by atoms with Gasteiger partial charge in [-0.2, -0.15) is 0 Å². The van der Waals surface area contributed by atoms with Crippen LogP contribution in [0.2, 0.25) is 0 Å². The van der Waals surface area contributed by atoms with E-state index >= 15 is 0 Å². The van der Waals surface area contributed by atoms with Crippen LogP contribution in [0.3, 0.4) is 0 Å². The number of nitro groups is 1. The van der Waals surface area contributed by atoms with Crippen molar-refractivity contribution in [1.29, 1.82) is 0 Å². The van der Waals surface area contributed by atoms with Gasteiger partial charge in [-0.25, -0.2) is 4.79 Å². The maximum atomic E-state index is 12.3. The van der Waals surface area contributed by atoms with Crippen molar-refractivity contribution in [2.75, 3.05) is 38.8 Å². The quantitative estimate of drug-likeness (QED) is 0.414. The van der Waals surface area contributed by atoms with Gasteiger partial charge in [-0.1, -0.05) is 12.1 Å². The SMILES string of the molecule is CN(C)c1ccc(CNC(=O)COC(=O)c2cc3c(cc2[N+](=O)[O-])OCCO3)cc1. The van der Waals surface area contributed by atoms with Crippen molar-refractivity contribution in [3.63, 3.8) is 0 Å². The van der Waals surface area contributed by atoms with E-state index < -0.39 is 29.1 Å². The first-order valence-corrected chi connectivity index (χ1v) is 9.13. The molecule has 0 bridgehead atoms. The Hall–Kier alpha value is -3.82. The highest BCUT2D eigenvalue weighted by Crippen LogP contribution is 2.36. The lowest BCUT2D eigenvalue weighted by Gasteiger charge is -2.18. The second kappa shape index (κ2) is 9.12. The highest BCUT2D eigenvalue weighted by atomic mass is 16.6. The number of rotatable bonds is 7. The lowest BCUT2D eigenvalue weighted by atomic mass is 10.1. The Balaban J connectivity index is 1.58. The summed E-state index contributed by atoms with van der Waals surface area (Å²) in [5, 5.41) is 13.9. The zero-order valence-electron chi connectivity index (χ0n) is 16.5. The number of carbonyl (C=O) groups is 2. The van der Waals surface area contributed by atoms with Gasteiger partial charge in [0.25, 0.3) is 11.6 Å². The van der Waals surface area contributed by atoms with Gasteiger partial charge in [0.15, 0.2) is 18.1 Å². The van der Waals surface area contributed by atoms with Crippen LogP contribution < -0.4 is 19.7 Å². The molecule has 1 amide bonds. The third kappa shape index (κ3) is 4.96. The fourth-order valence-electron chi connectivity index (χ4n) is 2.77. The van der Waals surface area contributed by atoms with E-state index in [-0.39, 0.29) is 36.8 Å². The summed E-state index contributed by atoms with van der Waals surface area (Å²) < 4.78 is 15.6. The monoisotopic (exact) mass is 415 g/mol. The van der Waals surface area contributed by atoms with Crippen LogP contribution in [0.25, 0.3) is 0 Å². The van der Waals surface area contributed by atoms with Crippen LogP contribution in [0.15, 0.2) is 36.4 Å². The Morgan fingerprint density at radius 3 is 2.37 bits per heavy atom.